The Kier molecular flexibility index (Phi) is 2.63. The summed E-state index contributed by atoms with van der Waals surface area (Å²) in [6, 6.07) is 5.85. The van der Waals surface area contributed by atoms with Gasteiger partial charge in [-0.25, -0.2) is 4.39 Å². The highest BCUT2D eigenvalue weighted by Crippen LogP contribution is 2.27. The van der Waals surface area contributed by atoms with Gasteiger partial charge in [0.25, 0.3) is 0 Å². The maximum absolute atomic E-state index is 13.3. The average Bonchev–Trinajstić information content (AvgIpc) is 2.85. The second kappa shape index (κ2) is 4.51. The number of fused-ring (bicyclic) bond motifs is 3. The van der Waals surface area contributed by atoms with E-state index in [9.17, 15) is 9.18 Å². The summed E-state index contributed by atoms with van der Waals surface area (Å²) >= 11 is 0. The van der Waals surface area contributed by atoms with Crippen molar-refractivity contribution in [3.05, 3.63) is 51.7 Å². The molecule has 0 spiro atoms. The van der Waals surface area contributed by atoms with E-state index in [-0.39, 0.29) is 5.56 Å². The quantitative estimate of drug-likeness (QED) is 0.744. The largest absolute Gasteiger partial charge is 0.301 e. The van der Waals surface area contributed by atoms with E-state index in [2.05, 4.69) is 15.3 Å². The van der Waals surface area contributed by atoms with Gasteiger partial charge in [-0.05, 0) is 43.9 Å². The molecule has 21 heavy (non-hydrogen) atoms. The Hall–Kier alpha value is -2.50. The van der Waals surface area contributed by atoms with Crippen molar-refractivity contribution >= 4 is 0 Å². The van der Waals surface area contributed by atoms with Crippen LogP contribution in [0, 0.1) is 5.82 Å². The molecule has 5 nitrogen and oxygen atoms in total. The SMILES string of the molecule is O=c1c2n[nH]c3c(c-2nn1-c1cccc(F)c1)CCCC3. The van der Waals surface area contributed by atoms with Crippen LogP contribution in [0.25, 0.3) is 17.1 Å². The molecule has 0 saturated carbocycles. The minimum absolute atomic E-state index is 0.319. The number of rotatable bonds is 1. The number of nitrogens with zero attached hydrogens (tertiary/aromatic N) is 3. The zero-order valence-corrected chi connectivity index (χ0v) is 11.3. The van der Waals surface area contributed by atoms with E-state index < -0.39 is 5.82 Å². The molecule has 0 bridgehead atoms. The fourth-order valence-corrected chi connectivity index (χ4v) is 2.89. The molecular formula is C15H13FN4O. The lowest BCUT2D eigenvalue weighted by atomic mass is 9.94. The molecule has 1 N–H and O–H groups in total. The monoisotopic (exact) mass is 284 g/mol. The van der Waals surface area contributed by atoms with Crippen LogP contribution in [0.15, 0.2) is 29.1 Å². The molecule has 4 rings (SSSR count). The predicted octanol–water partition coefficient (Wildman–Crippen LogP) is 2.08. The van der Waals surface area contributed by atoms with Gasteiger partial charge in [0, 0.05) is 11.3 Å². The zero-order chi connectivity index (χ0) is 14.4. The molecule has 106 valence electrons. The molecule has 1 aromatic rings. The van der Waals surface area contributed by atoms with Gasteiger partial charge in [-0.15, -0.1) is 0 Å². The zero-order valence-electron chi connectivity index (χ0n) is 11.3. The van der Waals surface area contributed by atoms with Crippen molar-refractivity contribution in [2.75, 3.05) is 0 Å². The second-order valence-electron chi connectivity index (χ2n) is 5.28. The first-order valence-electron chi connectivity index (χ1n) is 6.99. The van der Waals surface area contributed by atoms with Gasteiger partial charge in [-0.2, -0.15) is 14.9 Å². The van der Waals surface area contributed by atoms with Crippen molar-refractivity contribution in [3.8, 4) is 17.1 Å². The van der Waals surface area contributed by atoms with Crippen LogP contribution in [0.1, 0.15) is 24.1 Å². The number of aromatic amines is 1. The molecule has 0 radical (unpaired) electrons. The Morgan fingerprint density at radius 3 is 2.90 bits per heavy atom. The van der Waals surface area contributed by atoms with Crippen molar-refractivity contribution in [2.24, 2.45) is 0 Å². The van der Waals surface area contributed by atoms with Crippen LogP contribution in [-0.2, 0) is 12.8 Å². The van der Waals surface area contributed by atoms with E-state index in [4.69, 9.17) is 0 Å². The van der Waals surface area contributed by atoms with Gasteiger partial charge in [0.05, 0.1) is 5.69 Å². The fraction of sp³-hybridized carbons (Fsp3) is 0.267. The van der Waals surface area contributed by atoms with Crippen molar-refractivity contribution in [1.29, 1.82) is 0 Å². The van der Waals surface area contributed by atoms with Crippen LogP contribution in [0.3, 0.4) is 0 Å². The van der Waals surface area contributed by atoms with Crippen LogP contribution >= 0.6 is 0 Å². The summed E-state index contributed by atoms with van der Waals surface area (Å²) in [7, 11) is 0. The lowest BCUT2D eigenvalue weighted by Crippen LogP contribution is -2.16. The van der Waals surface area contributed by atoms with E-state index in [1.165, 1.54) is 16.8 Å². The number of aryl methyl sites for hydroxylation is 1. The first-order chi connectivity index (χ1) is 10.2. The summed E-state index contributed by atoms with van der Waals surface area (Å²) < 4.78 is 14.6. The number of aromatic nitrogens is 4. The van der Waals surface area contributed by atoms with E-state index in [1.54, 1.807) is 12.1 Å². The molecule has 1 aliphatic carbocycles. The number of H-pyrrole nitrogens is 1. The highest BCUT2D eigenvalue weighted by atomic mass is 19.1. The van der Waals surface area contributed by atoms with Gasteiger partial charge in [0.2, 0.25) is 0 Å². The lowest BCUT2D eigenvalue weighted by Gasteiger charge is -2.16. The van der Waals surface area contributed by atoms with E-state index >= 15 is 0 Å². The Bertz CT molecular complexity index is 851. The Morgan fingerprint density at radius 2 is 2.05 bits per heavy atom. The molecule has 2 heterocycles. The fourth-order valence-electron chi connectivity index (χ4n) is 2.89. The molecule has 2 aliphatic heterocycles. The summed E-state index contributed by atoms with van der Waals surface area (Å²) in [6.07, 6.45) is 4.02. The van der Waals surface area contributed by atoms with E-state index in [1.807, 2.05) is 0 Å². The van der Waals surface area contributed by atoms with E-state index in [0.717, 1.165) is 36.9 Å². The smallest absolute Gasteiger partial charge is 0.281 e. The lowest BCUT2D eigenvalue weighted by molar-refractivity contribution is 0.625. The number of hydrogen-bond donors (Lipinski definition) is 1. The molecule has 0 amide bonds. The average molecular weight is 284 g/mol. The van der Waals surface area contributed by atoms with Crippen LogP contribution in [0.5, 0.6) is 0 Å². The first-order valence-corrected chi connectivity index (χ1v) is 6.99. The van der Waals surface area contributed by atoms with Crippen LogP contribution in [-0.4, -0.2) is 20.0 Å². The third-order valence-corrected chi connectivity index (χ3v) is 3.93. The Balaban J connectivity index is 1.98. The van der Waals surface area contributed by atoms with Gasteiger partial charge in [-0.1, -0.05) is 6.07 Å². The maximum Gasteiger partial charge on any atom is 0.301 e. The van der Waals surface area contributed by atoms with E-state index in [0.29, 0.717) is 17.1 Å². The standard InChI is InChI=1S/C15H13FN4O/c16-9-4-3-5-10(8-9)20-15(21)14-13(19-20)11-6-1-2-7-12(11)17-18-14/h3-5,8,17H,1-2,6-7H2. The molecule has 3 aliphatic rings. The van der Waals surface area contributed by atoms with Crippen LogP contribution in [0.4, 0.5) is 4.39 Å². The number of hydrogen-bond acceptors (Lipinski definition) is 3. The highest BCUT2D eigenvalue weighted by molar-refractivity contribution is 5.61. The Labute approximate surface area is 119 Å². The van der Waals surface area contributed by atoms with Gasteiger partial charge in [-0.3, -0.25) is 9.89 Å². The minimum Gasteiger partial charge on any atom is -0.281 e. The third kappa shape index (κ3) is 1.86. The highest BCUT2D eigenvalue weighted by Gasteiger charge is 2.25. The minimum atomic E-state index is -0.395. The molecule has 0 aromatic heterocycles. The number of nitrogens with one attached hydrogen (secondary N) is 1. The molecule has 0 saturated heterocycles. The maximum atomic E-state index is 13.3. The topological polar surface area (TPSA) is 63.6 Å². The normalized spacial score (nSPS) is 14.3. The van der Waals surface area contributed by atoms with Gasteiger partial charge >= 0.3 is 5.56 Å². The molecule has 6 heteroatoms. The molecule has 0 atom stereocenters. The van der Waals surface area contributed by atoms with Gasteiger partial charge < -0.3 is 0 Å². The summed E-state index contributed by atoms with van der Waals surface area (Å²) in [5.74, 6) is -0.395. The predicted molar refractivity (Wildman–Crippen MR) is 75.2 cm³/mol. The van der Waals surface area contributed by atoms with Crippen molar-refractivity contribution < 1.29 is 4.39 Å². The molecule has 0 unspecified atom stereocenters. The summed E-state index contributed by atoms with van der Waals surface area (Å²) in [5.41, 5.74) is 3.18. The molecular weight excluding hydrogens is 271 g/mol. The summed E-state index contributed by atoms with van der Waals surface area (Å²) in [5, 5.41) is 11.5. The molecule has 1 aromatic carbocycles. The summed E-state index contributed by atoms with van der Waals surface area (Å²) in [6.45, 7) is 0. The molecule has 0 fully saturated rings. The van der Waals surface area contributed by atoms with Crippen molar-refractivity contribution in [1.82, 2.24) is 20.0 Å². The van der Waals surface area contributed by atoms with Gasteiger partial charge in [0.1, 0.15) is 11.5 Å². The van der Waals surface area contributed by atoms with Crippen molar-refractivity contribution in [3.63, 3.8) is 0 Å². The first kappa shape index (κ1) is 12.3. The Morgan fingerprint density at radius 1 is 1.19 bits per heavy atom. The number of benzene rings is 1. The summed E-state index contributed by atoms with van der Waals surface area (Å²) in [4.78, 5) is 12.4. The second-order valence-corrected chi connectivity index (χ2v) is 5.28. The number of halogens is 1. The van der Waals surface area contributed by atoms with Gasteiger partial charge in [0.15, 0.2) is 5.69 Å². The third-order valence-electron chi connectivity index (χ3n) is 3.93. The van der Waals surface area contributed by atoms with Crippen LogP contribution in [0.2, 0.25) is 0 Å². The van der Waals surface area contributed by atoms with Crippen molar-refractivity contribution in [2.45, 2.75) is 25.7 Å². The van der Waals surface area contributed by atoms with Crippen LogP contribution < -0.4 is 5.56 Å².